The van der Waals surface area contributed by atoms with Crippen LogP contribution in [0.5, 0.6) is 0 Å². The van der Waals surface area contributed by atoms with E-state index in [9.17, 15) is 9.18 Å². The molecule has 0 spiro atoms. The van der Waals surface area contributed by atoms with E-state index in [0.717, 1.165) is 12.0 Å². The first-order chi connectivity index (χ1) is 12.2. The molecular formula is C20H18FN3O. The lowest BCUT2D eigenvalue weighted by atomic mass is 10.1. The monoisotopic (exact) mass is 335 g/mol. The Morgan fingerprint density at radius 3 is 2.64 bits per heavy atom. The van der Waals surface area contributed by atoms with Gasteiger partial charge >= 0.3 is 0 Å². The third-order valence-corrected chi connectivity index (χ3v) is 4.50. The number of benzene rings is 2. The summed E-state index contributed by atoms with van der Waals surface area (Å²) >= 11 is 0. The van der Waals surface area contributed by atoms with Crippen molar-refractivity contribution in [2.24, 2.45) is 5.92 Å². The van der Waals surface area contributed by atoms with E-state index in [-0.39, 0.29) is 17.6 Å². The quantitative estimate of drug-likeness (QED) is 0.771. The molecule has 0 saturated heterocycles. The maximum absolute atomic E-state index is 12.9. The van der Waals surface area contributed by atoms with Crippen molar-refractivity contribution in [2.75, 3.05) is 5.32 Å². The lowest BCUT2D eigenvalue weighted by Gasteiger charge is -2.03. The average molecular weight is 335 g/mol. The number of amides is 1. The zero-order valence-electron chi connectivity index (χ0n) is 13.6. The minimum atomic E-state index is -0.255. The highest BCUT2D eigenvalue weighted by atomic mass is 19.1. The number of aromatic nitrogens is 2. The zero-order valence-corrected chi connectivity index (χ0v) is 13.6. The predicted molar refractivity (Wildman–Crippen MR) is 93.6 cm³/mol. The van der Waals surface area contributed by atoms with Crippen molar-refractivity contribution in [3.63, 3.8) is 0 Å². The number of hydrogen-bond donors (Lipinski definition) is 1. The molecule has 0 radical (unpaired) electrons. The molecule has 1 aliphatic carbocycles. The Bertz CT molecular complexity index is 873. The average Bonchev–Trinajstić information content (AvgIpc) is 3.33. The van der Waals surface area contributed by atoms with Crippen molar-refractivity contribution in [3.05, 3.63) is 83.8 Å². The van der Waals surface area contributed by atoms with E-state index in [1.807, 2.05) is 18.2 Å². The van der Waals surface area contributed by atoms with Crippen LogP contribution < -0.4 is 5.32 Å². The van der Waals surface area contributed by atoms with Crippen LogP contribution in [0.2, 0.25) is 0 Å². The number of rotatable bonds is 5. The number of halogens is 1. The van der Waals surface area contributed by atoms with E-state index < -0.39 is 0 Å². The Balaban J connectivity index is 1.35. The minimum Gasteiger partial charge on any atom is -0.309 e. The van der Waals surface area contributed by atoms with Gasteiger partial charge in [-0.25, -0.2) is 4.39 Å². The van der Waals surface area contributed by atoms with Gasteiger partial charge in [-0.05, 0) is 35.6 Å². The Hall–Kier alpha value is -2.95. The van der Waals surface area contributed by atoms with Gasteiger partial charge in [0.1, 0.15) is 5.82 Å². The molecule has 4 nitrogen and oxygen atoms in total. The summed E-state index contributed by atoms with van der Waals surface area (Å²) in [6.07, 6.45) is 2.69. The summed E-state index contributed by atoms with van der Waals surface area (Å²) in [5.41, 5.74) is 2.17. The molecule has 1 amide bonds. The molecular weight excluding hydrogens is 317 g/mol. The van der Waals surface area contributed by atoms with Crippen LogP contribution in [0.1, 0.15) is 23.5 Å². The van der Waals surface area contributed by atoms with Crippen LogP contribution in [0.25, 0.3) is 0 Å². The molecule has 3 aromatic rings. The number of carbonyl (C=O) groups excluding carboxylic acids is 1. The standard InChI is InChI=1S/C20H18FN3O/c21-16-8-6-14(7-9-16)13-24-11-10-19(23-24)22-20(25)18-12-17(18)15-4-2-1-3-5-15/h1-11,17-18H,12-13H2,(H,22,23,25). The van der Waals surface area contributed by atoms with E-state index >= 15 is 0 Å². The molecule has 1 saturated carbocycles. The van der Waals surface area contributed by atoms with Crippen LogP contribution in [-0.4, -0.2) is 15.7 Å². The molecule has 126 valence electrons. The largest absolute Gasteiger partial charge is 0.309 e. The fraction of sp³-hybridized carbons (Fsp3) is 0.200. The van der Waals surface area contributed by atoms with Gasteiger partial charge < -0.3 is 5.32 Å². The van der Waals surface area contributed by atoms with E-state index in [4.69, 9.17) is 0 Å². The van der Waals surface area contributed by atoms with Crippen molar-refractivity contribution in [3.8, 4) is 0 Å². The highest BCUT2D eigenvalue weighted by molar-refractivity contribution is 5.94. The molecule has 1 N–H and O–H groups in total. The fourth-order valence-corrected chi connectivity index (χ4v) is 3.07. The first kappa shape index (κ1) is 15.6. The Labute approximate surface area is 145 Å². The Kier molecular flexibility index (Phi) is 4.06. The molecule has 0 aliphatic heterocycles. The van der Waals surface area contributed by atoms with Gasteiger partial charge in [0.2, 0.25) is 5.91 Å². The van der Waals surface area contributed by atoms with E-state index in [1.165, 1.54) is 17.7 Å². The second-order valence-electron chi connectivity index (χ2n) is 6.37. The SMILES string of the molecule is O=C(Nc1ccn(Cc2ccc(F)cc2)n1)C1CC1c1ccccc1. The normalized spacial score (nSPS) is 18.8. The van der Waals surface area contributed by atoms with Crippen molar-refractivity contribution >= 4 is 11.7 Å². The molecule has 5 heteroatoms. The summed E-state index contributed by atoms with van der Waals surface area (Å²) in [7, 11) is 0. The summed E-state index contributed by atoms with van der Waals surface area (Å²) in [5.74, 6) is 0.633. The molecule has 1 heterocycles. The van der Waals surface area contributed by atoms with Gasteiger partial charge in [0.15, 0.2) is 5.82 Å². The summed E-state index contributed by atoms with van der Waals surface area (Å²) in [4.78, 5) is 12.4. The van der Waals surface area contributed by atoms with Gasteiger partial charge in [0.25, 0.3) is 0 Å². The molecule has 1 aromatic heterocycles. The zero-order chi connectivity index (χ0) is 17.2. The van der Waals surface area contributed by atoms with E-state index in [1.54, 1.807) is 29.1 Å². The summed E-state index contributed by atoms with van der Waals surface area (Å²) in [6, 6.07) is 18.2. The van der Waals surface area contributed by atoms with Crippen molar-refractivity contribution in [1.82, 2.24) is 9.78 Å². The van der Waals surface area contributed by atoms with Crippen LogP contribution in [0.4, 0.5) is 10.2 Å². The van der Waals surface area contributed by atoms with Gasteiger partial charge in [-0.15, -0.1) is 0 Å². The van der Waals surface area contributed by atoms with E-state index in [0.29, 0.717) is 18.3 Å². The molecule has 25 heavy (non-hydrogen) atoms. The highest BCUT2D eigenvalue weighted by Gasteiger charge is 2.43. The second kappa shape index (κ2) is 6.51. The van der Waals surface area contributed by atoms with Gasteiger partial charge in [0, 0.05) is 18.2 Å². The smallest absolute Gasteiger partial charge is 0.229 e. The maximum Gasteiger partial charge on any atom is 0.229 e. The predicted octanol–water partition coefficient (Wildman–Crippen LogP) is 3.81. The van der Waals surface area contributed by atoms with Crippen LogP contribution in [0, 0.1) is 11.7 Å². The van der Waals surface area contributed by atoms with Crippen molar-refractivity contribution in [2.45, 2.75) is 18.9 Å². The molecule has 2 atom stereocenters. The molecule has 2 aromatic carbocycles. The van der Waals surface area contributed by atoms with Crippen molar-refractivity contribution in [1.29, 1.82) is 0 Å². The third-order valence-electron chi connectivity index (χ3n) is 4.50. The highest BCUT2D eigenvalue weighted by Crippen LogP contribution is 2.47. The Morgan fingerprint density at radius 1 is 1.12 bits per heavy atom. The topological polar surface area (TPSA) is 46.9 Å². The lowest BCUT2D eigenvalue weighted by molar-refractivity contribution is -0.117. The lowest BCUT2D eigenvalue weighted by Crippen LogP contribution is -2.15. The molecule has 4 rings (SSSR count). The van der Waals surface area contributed by atoms with E-state index in [2.05, 4.69) is 22.5 Å². The number of nitrogens with one attached hydrogen (secondary N) is 1. The second-order valence-corrected chi connectivity index (χ2v) is 6.37. The van der Waals surface area contributed by atoms with Gasteiger partial charge in [-0.1, -0.05) is 42.5 Å². The fourth-order valence-electron chi connectivity index (χ4n) is 3.07. The molecule has 0 bridgehead atoms. The van der Waals surface area contributed by atoms with Crippen LogP contribution in [-0.2, 0) is 11.3 Å². The van der Waals surface area contributed by atoms with Gasteiger partial charge in [-0.3, -0.25) is 9.48 Å². The number of carbonyl (C=O) groups is 1. The summed E-state index contributed by atoms with van der Waals surface area (Å²) in [6.45, 7) is 0.534. The van der Waals surface area contributed by atoms with Crippen LogP contribution in [0.3, 0.4) is 0 Å². The first-order valence-electron chi connectivity index (χ1n) is 8.33. The molecule has 2 unspecified atom stereocenters. The number of hydrogen-bond acceptors (Lipinski definition) is 2. The number of nitrogens with zero attached hydrogens (tertiary/aromatic N) is 2. The van der Waals surface area contributed by atoms with Gasteiger partial charge in [-0.2, -0.15) is 5.10 Å². The maximum atomic E-state index is 12.9. The third kappa shape index (κ3) is 3.60. The first-order valence-corrected chi connectivity index (χ1v) is 8.33. The molecule has 1 aliphatic rings. The van der Waals surface area contributed by atoms with Crippen LogP contribution in [0.15, 0.2) is 66.9 Å². The summed E-state index contributed by atoms with van der Waals surface area (Å²) in [5, 5.41) is 7.25. The van der Waals surface area contributed by atoms with Gasteiger partial charge in [0.05, 0.1) is 6.54 Å². The minimum absolute atomic E-state index is 0.0147. The summed E-state index contributed by atoms with van der Waals surface area (Å²) < 4.78 is 14.7. The Morgan fingerprint density at radius 2 is 1.88 bits per heavy atom. The number of anilines is 1. The van der Waals surface area contributed by atoms with Crippen LogP contribution >= 0.6 is 0 Å². The molecule has 1 fully saturated rings. The van der Waals surface area contributed by atoms with Crippen molar-refractivity contribution < 1.29 is 9.18 Å².